The van der Waals surface area contributed by atoms with E-state index in [1.54, 1.807) is 6.92 Å². The van der Waals surface area contributed by atoms with Crippen LogP contribution < -0.4 is 0 Å². The van der Waals surface area contributed by atoms with Crippen LogP contribution in [-0.4, -0.2) is 26.0 Å². The summed E-state index contributed by atoms with van der Waals surface area (Å²) >= 11 is 1.28. The first-order valence-electron chi connectivity index (χ1n) is 3.76. The lowest BCUT2D eigenvalue weighted by Crippen LogP contribution is -1.84. The Morgan fingerprint density at radius 1 is 1.77 bits per heavy atom. The third kappa shape index (κ3) is 4.33. The predicted molar refractivity (Wildman–Crippen MR) is 51.0 cm³/mol. The molecule has 1 aromatic rings. The lowest BCUT2D eigenvalue weighted by atomic mass is 10.4. The molecule has 0 amide bonds. The van der Waals surface area contributed by atoms with Gasteiger partial charge in [-0.05, 0) is 5.92 Å². The van der Waals surface area contributed by atoms with E-state index in [2.05, 4.69) is 27.0 Å². The van der Waals surface area contributed by atoms with Gasteiger partial charge in [0.25, 0.3) is 0 Å². The van der Waals surface area contributed by atoms with E-state index in [-0.39, 0.29) is 5.12 Å². The fraction of sp³-hybridized carbons (Fsp3) is 0.375. The maximum Gasteiger partial charge on any atom is 0.200 e. The van der Waals surface area contributed by atoms with E-state index in [1.807, 2.05) is 0 Å². The molecular formula is C8H9N3OS. The van der Waals surface area contributed by atoms with Crippen molar-refractivity contribution in [1.82, 2.24) is 15.2 Å². The second-order valence-corrected chi connectivity index (χ2v) is 3.50. The average Bonchev–Trinajstić information content (AvgIpc) is 2.55. The Morgan fingerprint density at radius 3 is 3.23 bits per heavy atom. The molecule has 5 heteroatoms. The van der Waals surface area contributed by atoms with E-state index in [9.17, 15) is 4.79 Å². The highest BCUT2D eigenvalue weighted by Crippen LogP contribution is 2.01. The van der Waals surface area contributed by atoms with Crippen LogP contribution in [0.5, 0.6) is 0 Å². The number of aromatic nitrogens is 3. The van der Waals surface area contributed by atoms with E-state index < -0.39 is 0 Å². The molecule has 0 bridgehead atoms. The van der Waals surface area contributed by atoms with Gasteiger partial charge in [0.15, 0.2) is 5.12 Å². The summed E-state index contributed by atoms with van der Waals surface area (Å²) in [5.74, 6) is 6.98. The topological polar surface area (TPSA) is 58.6 Å². The first-order valence-corrected chi connectivity index (χ1v) is 4.75. The van der Waals surface area contributed by atoms with E-state index in [1.165, 1.54) is 18.1 Å². The van der Waals surface area contributed by atoms with Gasteiger partial charge in [-0.2, -0.15) is 5.10 Å². The largest absolute Gasteiger partial charge is 0.288 e. The van der Waals surface area contributed by atoms with Crippen molar-refractivity contribution in [3.05, 3.63) is 12.2 Å². The lowest BCUT2D eigenvalue weighted by molar-refractivity contribution is -0.109. The van der Waals surface area contributed by atoms with Crippen LogP contribution in [0.1, 0.15) is 19.2 Å². The van der Waals surface area contributed by atoms with Gasteiger partial charge in [-0.15, -0.1) is 0 Å². The highest BCUT2D eigenvalue weighted by Gasteiger charge is 1.91. The summed E-state index contributed by atoms with van der Waals surface area (Å²) in [6.07, 6.45) is 2.10. The van der Waals surface area contributed by atoms with Crippen molar-refractivity contribution in [2.45, 2.75) is 13.3 Å². The number of rotatable bonds is 2. The van der Waals surface area contributed by atoms with Crippen molar-refractivity contribution >= 4 is 16.9 Å². The number of hydrogen-bond donors (Lipinski definition) is 1. The molecule has 1 N–H and O–H groups in total. The summed E-state index contributed by atoms with van der Waals surface area (Å²) in [7, 11) is 0. The molecule has 0 saturated carbocycles. The van der Waals surface area contributed by atoms with E-state index in [0.29, 0.717) is 12.2 Å². The van der Waals surface area contributed by atoms with Gasteiger partial charge in [-0.25, -0.2) is 4.98 Å². The summed E-state index contributed by atoms with van der Waals surface area (Å²) in [4.78, 5) is 14.4. The molecule has 4 nitrogen and oxygen atoms in total. The smallest absolute Gasteiger partial charge is 0.200 e. The summed E-state index contributed by atoms with van der Waals surface area (Å²) in [5, 5.41) is 6.41. The van der Waals surface area contributed by atoms with Crippen molar-refractivity contribution in [3.63, 3.8) is 0 Å². The minimum absolute atomic E-state index is 0.126. The minimum Gasteiger partial charge on any atom is -0.288 e. The van der Waals surface area contributed by atoms with Gasteiger partial charge >= 0.3 is 0 Å². The molecule has 0 spiro atoms. The molecule has 0 fully saturated rings. The van der Waals surface area contributed by atoms with E-state index >= 15 is 0 Å². The van der Waals surface area contributed by atoms with Gasteiger partial charge in [0.2, 0.25) is 5.82 Å². The Balaban J connectivity index is 2.22. The first kappa shape index (κ1) is 9.81. The molecule has 0 atom stereocenters. The maximum atomic E-state index is 10.5. The number of carbonyl (C=O) groups excluding carboxylic acids is 1. The van der Waals surface area contributed by atoms with Crippen LogP contribution in [0, 0.1) is 11.8 Å². The average molecular weight is 195 g/mol. The molecule has 0 unspecified atom stereocenters. The zero-order chi connectivity index (χ0) is 9.52. The summed E-state index contributed by atoms with van der Waals surface area (Å²) in [6.45, 7) is 1.55. The Labute approximate surface area is 80.5 Å². The van der Waals surface area contributed by atoms with Crippen LogP contribution in [0.25, 0.3) is 0 Å². The van der Waals surface area contributed by atoms with Gasteiger partial charge in [0, 0.05) is 19.1 Å². The third-order valence-corrected chi connectivity index (χ3v) is 1.97. The Morgan fingerprint density at radius 2 is 2.62 bits per heavy atom. The quantitative estimate of drug-likeness (QED) is 0.561. The van der Waals surface area contributed by atoms with Gasteiger partial charge in [-0.3, -0.25) is 9.89 Å². The molecule has 13 heavy (non-hydrogen) atoms. The monoisotopic (exact) mass is 195 g/mol. The highest BCUT2D eigenvalue weighted by molar-refractivity contribution is 8.13. The molecule has 0 saturated heterocycles. The number of carbonyl (C=O) groups is 1. The van der Waals surface area contributed by atoms with Crippen LogP contribution in [0.15, 0.2) is 6.33 Å². The molecular weight excluding hydrogens is 186 g/mol. The summed E-state index contributed by atoms with van der Waals surface area (Å²) in [6, 6.07) is 0. The van der Waals surface area contributed by atoms with Crippen molar-refractivity contribution in [3.8, 4) is 11.8 Å². The fourth-order valence-corrected chi connectivity index (χ4v) is 1.15. The van der Waals surface area contributed by atoms with Crippen LogP contribution in [-0.2, 0) is 4.79 Å². The SMILES string of the molecule is CC(=O)SCCC#Cc1ncn[nH]1. The summed E-state index contributed by atoms with van der Waals surface area (Å²) in [5.41, 5.74) is 0. The normalized spacial score (nSPS) is 9.00. The zero-order valence-electron chi connectivity index (χ0n) is 7.20. The molecule has 1 aromatic heterocycles. The lowest BCUT2D eigenvalue weighted by Gasteiger charge is -1.87. The molecule has 1 heterocycles. The fourth-order valence-electron chi connectivity index (χ4n) is 0.658. The molecule has 0 radical (unpaired) electrons. The zero-order valence-corrected chi connectivity index (χ0v) is 8.02. The van der Waals surface area contributed by atoms with E-state index in [0.717, 1.165) is 5.75 Å². The number of nitrogens with zero attached hydrogens (tertiary/aromatic N) is 2. The Bertz CT molecular complexity index is 323. The van der Waals surface area contributed by atoms with Crippen LogP contribution >= 0.6 is 11.8 Å². The van der Waals surface area contributed by atoms with E-state index in [4.69, 9.17) is 0 Å². The molecule has 0 aliphatic rings. The van der Waals surface area contributed by atoms with Crippen LogP contribution in [0.4, 0.5) is 0 Å². The van der Waals surface area contributed by atoms with Gasteiger partial charge < -0.3 is 0 Å². The van der Waals surface area contributed by atoms with Crippen molar-refractivity contribution in [2.75, 3.05) is 5.75 Å². The van der Waals surface area contributed by atoms with Gasteiger partial charge in [0.05, 0.1) is 0 Å². The van der Waals surface area contributed by atoms with Crippen LogP contribution in [0.2, 0.25) is 0 Å². The molecule has 0 aliphatic carbocycles. The maximum absolute atomic E-state index is 10.5. The van der Waals surface area contributed by atoms with Gasteiger partial charge in [-0.1, -0.05) is 17.7 Å². The standard InChI is InChI=1S/C8H9N3OS/c1-7(12)13-5-3-2-4-8-9-6-10-11-8/h6H,3,5H2,1H3,(H,9,10,11). The predicted octanol–water partition coefficient (Wildman–Crippen LogP) is 0.826. The second-order valence-electron chi connectivity index (χ2n) is 2.23. The molecule has 0 aliphatic heterocycles. The van der Waals surface area contributed by atoms with Crippen molar-refractivity contribution in [1.29, 1.82) is 0 Å². The minimum atomic E-state index is 0.126. The summed E-state index contributed by atoms with van der Waals surface area (Å²) < 4.78 is 0. The number of aromatic amines is 1. The number of thioether (sulfide) groups is 1. The Kier molecular flexibility index (Phi) is 4.06. The second kappa shape index (κ2) is 5.38. The molecule has 68 valence electrons. The highest BCUT2D eigenvalue weighted by atomic mass is 32.2. The number of H-pyrrole nitrogens is 1. The Hall–Kier alpha value is -1.28. The van der Waals surface area contributed by atoms with Crippen LogP contribution in [0.3, 0.4) is 0 Å². The van der Waals surface area contributed by atoms with Crippen molar-refractivity contribution in [2.24, 2.45) is 0 Å². The molecule has 0 aromatic carbocycles. The molecule has 1 rings (SSSR count). The van der Waals surface area contributed by atoms with Gasteiger partial charge in [0.1, 0.15) is 6.33 Å². The van der Waals surface area contributed by atoms with Crippen molar-refractivity contribution < 1.29 is 4.79 Å². The number of nitrogens with one attached hydrogen (secondary N) is 1. The first-order chi connectivity index (χ1) is 6.29. The third-order valence-electron chi connectivity index (χ3n) is 1.15. The number of hydrogen-bond acceptors (Lipinski definition) is 4.